The van der Waals surface area contributed by atoms with Crippen LogP contribution in [0.2, 0.25) is 0 Å². The van der Waals surface area contributed by atoms with Gasteiger partial charge in [-0.2, -0.15) is 10.3 Å². The number of nitrogens with one attached hydrogen (secondary N) is 2. The van der Waals surface area contributed by atoms with Crippen LogP contribution in [0.1, 0.15) is 63.4 Å². The van der Waals surface area contributed by atoms with Crippen LogP contribution in [0.5, 0.6) is 0 Å². The third kappa shape index (κ3) is 5.89. The van der Waals surface area contributed by atoms with Gasteiger partial charge in [0.05, 0.1) is 17.9 Å². The lowest BCUT2D eigenvalue weighted by Crippen LogP contribution is -2.46. The van der Waals surface area contributed by atoms with Crippen LogP contribution in [0.15, 0.2) is 53.6 Å². The average Bonchev–Trinajstić information content (AvgIpc) is 3.72. The summed E-state index contributed by atoms with van der Waals surface area (Å²) < 4.78 is 0. The number of rotatable bonds is 8. The Bertz CT molecular complexity index is 1440. The van der Waals surface area contributed by atoms with Gasteiger partial charge in [0.1, 0.15) is 6.54 Å². The number of fused-ring (bicyclic) bond motifs is 1. The second-order valence-corrected chi connectivity index (χ2v) is 11.1. The van der Waals surface area contributed by atoms with E-state index in [1.165, 1.54) is 16.3 Å². The summed E-state index contributed by atoms with van der Waals surface area (Å²) in [6.07, 6.45) is 9.13. The first-order chi connectivity index (χ1) is 20.1. The molecule has 3 aromatic rings. The fraction of sp³-hybridized carbons (Fsp3) is 0.433. The van der Waals surface area contributed by atoms with Gasteiger partial charge in [-0.05, 0) is 49.1 Å². The van der Waals surface area contributed by atoms with Gasteiger partial charge in [-0.25, -0.2) is 9.80 Å². The maximum atomic E-state index is 14.1. The van der Waals surface area contributed by atoms with Crippen molar-refractivity contribution in [3.8, 4) is 11.4 Å². The molecule has 0 bridgehead atoms. The largest absolute Gasteiger partial charge is 0.345 e. The third-order valence-corrected chi connectivity index (χ3v) is 8.31. The summed E-state index contributed by atoms with van der Waals surface area (Å²) in [6, 6.07) is 14.3. The topological polar surface area (TPSA) is 137 Å². The lowest BCUT2D eigenvalue weighted by molar-refractivity contribution is -0.121. The monoisotopic (exact) mass is 554 g/mol. The Morgan fingerprint density at radius 3 is 2.49 bits per heavy atom. The molecule has 0 radical (unpaired) electrons. The molecule has 2 heterocycles. The Kier molecular flexibility index (Phi) is 7.84. The molecule has 2 saturated carbocycles. The van der Waals surface area contributed by atoms with Gasteiger partial charge in [0.2, 0.25) is 11.7 Å². The van der Waals surface area contributed by atoms with Crippen LogP contribution in [0.3, 0.4) is 0 Å². The van der Waals surface area contributed by atoms with E-state index in [9.17, 15) is 14.4 Å². The zero-order valence-electron chi connectivity index (χ0n) is 23.0. The normalized spacial score (nSPS) is 18.1. The van der Waals surface area contributed by atoms with Crippen molar-refractivity contribution >= 4 is 34.8 Å². The van der Waals surface area contributed by atoms with Gasteiger partial charge in [-0.15, -0.1) is 10.2 Å². The molecule has 0 unspecified atom stereocenters. The van der Waals surface area contributed by atoms with Crippen molar-refractivity contribution in [3.05, 3.63) is 54.1 Å². The minimum atomic E-state index is -0.467. The number of H-pyrrole nitrogens is 1. The number of para-hydroxylation sites is 1. The van der Waals surface area contributed by atoms with Crippen molar-refractivity contribution in [2.24, 2.45) is 16.9 Å². The molecule has 1 aromatic heterocycles. The van der Waals surface area contributed by atoms with Gasteiger partial charge in [0, 0.05) is 28.7 Å². The molecule has 2 fully saturated rings. The number of tetrazole rings is 1. The molecule has 0 atom stereocenters. The van der Waals surface area contributed by atoms with Crippen molar-refractivity contribution in [2.75, 3.05) is 23.3 Å². The highest BCUT2D eigenvalue weighted by Crippen LogP contribution is 2.35. The van der Waals surface area contributed by atoms with Gasteiger partial charge in [0.25, 0.3) is 0 Å². The predicted octanol–water partition coefficient (Wildman–Crippen LogP) is 4.79. The van der Waals surface area contributed by atoms with Crippen LogP contribution in [0.25, 0.3) is 11.4 Å². The number of nitrogens with zero attached hydrogens (tertiary/aromatic N) is 6. The first-order valence-electron chi connectivity index (χ1n) is 14.5. The second kappa shape index (κ2) is 12.0. The smallest absolute Gasteiger partial charge is 0.324 e. The zero-order valence-corrected chi connectivity index (χ0v) is 23.0. The molecule has 1 aliphatic heterocycles. The molecule has 0 spiro atoms. The number of anilines is 2. The van der Waals surface area contributed by atoms with Crippen LogP contribution in [-0.2, 0) is 9.59 Å². The minimum absolute atomic E-state index is 0.0276. The summed E-state index contributed by atoms with van der Waals surface area (Å²) in [6.45, 7) is -0.317. The molecule has 41 heavy (non-hydrogen) atoms. The third-order valence-electron chi connectivity index (χ3n) is 8.31. The Balaban J connectivity index is 1.29. The number of hydrogen-bond acceptors (Lipinski definition) is 7. The molecular weight excluding hydrogens is 520 g/mol. The highest BCUT2D eigenvalue weighted by molar-refractivity contribution is 6.13. The van der Waals surface area contributed by atoms with E-state index in [0.717, 1.165) is 62.6 Å². The highest BCUT2D eigenvalue weighted by Gasteiger charge is 2.36. The molecule has 2 aliphatic carbocycles. The maximum Gasteiger partial charge on any atom is 0.345 e. The standard InChI is InChI=1S/C30H34N8O3/c39-26(20-9-4-5-10-20)18-37-25-16-7-6-15-24(25)28(21-11-2-1-3-12-21)34-38(30(37)41)19-27(40)31-23-14-8-13-22(17-23)29-32-35-36-33-29/h6-8,13-17,20-21H,1-5,9-12,18-19H2,(H,31,40)(H,32,33,35,36). The molecule has 2 N–H and O–H groups in total. The van der Waals surface area contributed by atoms with E-state index in [2.05, 4.69) is 25.9 Å². The molecule has 3 aliphatic rings. The summed E-state index contributed by atoms with van der Waals surface area (Å²) >= 11 is 0. The predicted molar refractivity (Wildman–Crippen MR) is 154 cm³/mol. The fourth-order valence-corrected chi connectivity index (χ4v) is 6.22. The SMILES string of the molecule is O=C(CN1N=C(C2CCCCC2)c2ccccc2N(CC(=O)C2CCCC2)C1=O)Nc1cccc(-c2nn[nH]n2)c1. The molecule has 2 aromatic carbocycles. The van der Waals surface area contributed by atoms with E-state index in [1.54, 1.807) is 18.2 Å². The molecular formula is C30H34N8O3. The average molecular weight is 555 g/mol. The van der Waals surface area contributed by atoms with E-state index in [4.69, 9.17) is 5.10 Å². The zero-order chi connectivity index (χ0) is 28.2. The summed E-state index contributed by atoms with van der Waals surface area (Å²) in [7, 11) is 0. The molecule has 6 rings (SSSR count). The number of aromatic amines is 1. The van der Waals surface area contributed by atoms with Crippen molar-refractivity contribution in [3.63, 3.8) is 0 Å². The number of urea groups is 1. The van der Waals surface area contributed by atoms with E-state index in [-0.39, 0.29) is 30.7 Å². The molecule has 0 saturated heterocycles. The van der Waals surface area contributed by atoms with Crippen LogP contribution in [0.4, 0.5) is 16.2 Å². The number of hydrogen-bond donors (Lipinski definition) is 2. The van der Waals surface area contributed by atoms with Gasteiger partial charge >= 0.3 is 6.03 Å². The van der Waals surface area contributed by atoms with Gasteiger partial charge < -0.3 is 5.32 Å². The van der Waals surface area contributed by atoms with Crippen molar-refractivity contribution < 1.29 is 14.4 Å². The molecule has 3 amide bonds. The van der Waals surface area contributed by atoms with E-state index >= 15 is 0 Å². The summed E-state index contributed by atoms with van der Waals surface area (Å²) in [4.78, 5) is 42.2. The van der Waals surface area contributed by atoms with Gasteiger partial charge in [-0.3, -0.25) is 14.5 Å². The van der Waals surface area contributed by atoms with Crippen LogP contribution in [0, 0.1) is 11.8 Å². The summed E-state index contributed by atoms with van der Waals surface area (Å²) in [5.74, 6) is 0.226. The molecule has 11 heteroatoms. The Morgan fingerprint density at radius 1 is 0.927 bits per heavy atom. The Hall–Kier alpha value is -4.41. The second-order valence-electron chi connectivity index (χ2n) is 11.1. The number of aromatic nitrogens is 4. The Labute approximate surface area is 238 Å². The number of amides is 3. The first-order valence-corrected chi connectivity index (χ1v) is 14.5. The fourth-order valence-electron chi connectivity index (χ4n) is 6.22. The molecule has 11 nitrogen and oxygen atoms in total. The van der Waals surface area contributed by atoms with E-state index in [0.29, 0.717) is 22.8 Å². The lowest BCUT2D eigenvalue weighted by Gasteiger charge is -2.26. The molecule has 212 valence electrons. The quantitative estimate of drug-likeness (QED) is 0.411. The number of Topliss-reactive ketones (excluding diaryl/α,β-unsaturated/α-hetero) is 1. The number of carbonyl (C=O) groups is 3. The van der Waals surface area contributed by atoms with Gasteiger partial charge in [-0.1, -0.05) is 62.4 Å². The number of ketones is 1. The van der Waals surface area contributed by atoms with Crippen molar-refractivity contribution in [1.82, 2.24) is 25.6 Å². The van der Waals surface area contributed by atoms with Crippen molar-refractivity contribution in [1.29, 1.82) is 0 Å². The number of carbonyl (C=O) groups excluding carboxylic acids is 3. The van der Waals surface area contributed by atoms with Gasteiger partial charge in [0.15, 0.2) is 5.78 Å². The highest BCUT2D eigenvalue weighted by atomic mass is 16.2. The number of benzene rings is 2. The minimum Gasteiger partial charge on any atom is -0.324 e. The Morgan fingerprint density at radius 2 is 1.71 bits per heavy atom. The van der Waals surface area contributed by atoms with Crippen LogP contribution >= 0.6 is 0 Å². The maximum absolute atomic E-state index is 14.1. The van der Waals surface area contributed by atoms with E-state index in [1.807, 2.05) is 30.3 Å². The lowest BCUT2D eigenvalue weighted by atomic mass is 9.83. The van der Waals surface area contributed by atoms with E-state index < -0.39 is 11.9 Å². The first kappa shape index (κ1) is 26.8. The van der Waals surface area contributed by atoms with Crippen LogP contribution in [-0.4, -0.2) is 62.2 Å². The van der Waals surface area contributed by atoms with Crippen molar-refractivity contribution in [2.45, 2.75) is 57.8 Å². The number of hydrazone groups is 1. The summed E-state index contributed by atoms with van der Waals surface area (Å²) in [5, 5.41) is 23.0. The van der Waals surface area contributed by atoms with Crippen LogP contribution < -0.4 is 10.2 Å². The summed E-state index contributed by atoms with van der Waals surface area (Å²) in [5.41, 5.74) is 3.59.